The van der Waals surface area contributed by atoms with Crippen LogP contribution in [-0.4, -0.2) is 18.0 Å². The second-order valence-corrected chi connectivity index (χ2v) is 9.36. The Morgan fingerprint density at radius 1 is 1.00 bits per heavy atom. The standard InChI is InChI=1S/C28H28N2O4/c1-33-25-19-22(30(31)32)18-20-14-17-28(34-26(20)25)27(15-8-3-9-16-27)23-12-6-7-13-24(23)29(28)21-10-4-2-5-11-21/h2,4-7,10-14,17-19,30-31H,3,8-9,15-16H2,1H3. The van der Waals surface area contributed by atoms with Crippen LogP contribution in [0.4, 0.5) is 17.1 Å². The van der Waals surface area contributed by atoms with E-state index in [1.54, 1.807) is 19.2 Å². The van der Waals surface area contributed by atoms with Gasteiger partial charge in [-0.15, -0.1) is 0 Å². The second-order valence-electron chi connectivity index (χ2n) is 9.36. The maximum absolute atomic E-state index is 11.7. The molecule has 2 aliphatic heterocycles. The zero-order valence-corrected chi connectivity index (χ0v) is 19.2. The fourth-order valence-electron chi connectivity index (χ4n) is 6.25. The van der Waals surface area contributed by atoms with E-state index in [0.717, 1.165) is 42.6 Å². The van der Waals surface area contributed by atoms with Crippen molar-refractivity contribution >= 4 is 23.1 Å². The fourth-order valence-corrected chi connectivity index (χ4v) is 6.25. The number of benzene rings is 3. The fraction of sp³-hybridized carbons (Fsp3) is 0.286. The van der Waals surface area contributed by atoms with Crippen molar-refractivity contribution in [1.82, 2.24) is 0 Å². The van der Waals surface area contributed by atoms with Gasteiger partial charge in [0, 0.05) is 29.1 Å². The van der Waals surface area contributed by atoms with Crippen molar-refractivity contribution in [3.8, 4) is 11.5 Å². The number of hydrogen-bond donors (Lipinski definition) is 2. The molecule has 6 nitrogen and oxygen atoms in total. The van der Waals surface area contributed by atoms with E-state index in [4.69, 9.17) is 9.47 Å². The van der Waals surface area contributed by atoms with Crippen LogP contribution in [0.5, 0.6) is 11.5 Å². The number of ether oxygens (including phenoxy) is 2. The minimum Gasteiger partial charge on any atom is -0.595 e. The van der Waals surface area contributed by atoms with Gasteiger partial charge in [0.05, 0.1) is 12.5 Å². The van der Waals surface area contributed by atoms with Gasteiger partial charge >= 0.3 is 0 Å². The van der Waals surface area contributed by atoms with Crippen LogP contribution in [0.3, 0.4) is 0 Å². The molecule has 0 radical (unpaired) electrons. The van der Waals surface area contributed by atoms with E-state index in [1.165, 1.54) is 12.0 Å². The summed E-state index contributed by atoms with van der Waals surface area (Å²) in [6, 6.07) is 22.2. The van der Waals surface area contributed by atoms with Gasteiger partial charge in [-0.05, 0) is 48.8 Å². The molecular formula is C28H28N2O4. The van der Waals surface area contributed by atoms with E-state index < -0.39 is 11.0 Å². The van der Waals surface area contributed by atoms with E-state index in [1.807, 2.05) is 12.1 Å². The molecule has 34 heavy (non-hydrogen) atoms. The maximum atomic E-state index is 11.7. The first-order valence-corrected chi connectivity index (χ1v) is 11.9. The minimum atomic E-state index is -0.988. The molecule has 0 saturated heterocycles. The summed E-state index contributed by atoms with van der Waals surface area (Å²) in [5.74, 6) is 1.03. The van der Waals surface area contributed by atoms with Crippen molar-refractivity contribution in [2.75, 3.05) is 12.0 Å². The smallest absolute Gasteiger partial charge is 0.216 e. The Bertz CT molecular complexity index is 1250. The first-order chi connectivity index (χ1) is 16.6. The molecule has 2 unspecified atom stereocenters. The van der Waals surface area contributed by atoms with Gasteiger partial charge in [0.15, 0.2) is 17.2 Å². The molecule has 2 atom stereocenters. The molecule has 0 amide bonds. The Labute approximate surface area is 199 Å². The van der Waals surface area contributed by atoms with Crippen LogP contribution in [0.25, 0.3) is 6.08 Å². The van der Waals surface area contributed by atoms with Crippen LogP contribution in [0, 0.1) is 5.21 Å². The van der Waals surface area contributed by atoms with E-state index in [9.17, 15) is 10.4 Å². The first-order valence-electron chi connectivity index (χ1n) is 11.9. The third-order valence-corrected chi connectivity index (χ3v) is 7.70. The average molecular weight is 457 g/mol. The van der Waals surface area contributed by atoms with Crippen molar-refractivity contribution in [2.45, 2.75) is 43.2 Å². The number of methoxy groups -OCH3 is 1. The Morgan fingerprint density at radius 2 is 1.74 bits per heavy atom. The van der Waals surface area contributed by atoms with Crippen molar-refractivity contribution < 1.29 is 19.9 Å². The predicted molar refractivity (Wildman–Crippen MR) is 131 cm³/mol. The van der Waals surface area contributed by atoms with Crippen LogP contribution in [-0.2, 0) is 5.41 Å². The zero-order valence-electron chi connectivity index (χ0n) is 19.2. The molecule has 3 aromatic carbocycles. The molecule has 174 valence electrons. The first kappa shape index (κ1) is 21.2. The average Bonchev–Trinajstić information content (AvgIpc) is 3.09. The van der Waals surface area contributed by atoms with Gasteiger partial charge < -0.3 is 14.7 Å². The van der Waals surface area contributed by atoms with E-state index >= 15 is 0 Å². The molecule has 6 rings (SSSR count). The van der Waals surface area contributed by atoms with E-state index in [-0.39, 0.29) is 11.1 Å². The van der Waals surface area contributed by atoms with Crippen molar-refractivity contribution in [3.63, 3.8) is 0 Å². The number of nitrogens with zero attached hydrogens (tertiary/aromatic N) is 1. The van der Waals surface area contributed by atoms with Crippen molar-refractivity contribution in [1.29, 1.82) is 0 Å². The largest absolute Gasteiger partial charge is 0.595 e. The Morgan fingerprint density at radius 3 is 2.47 bits per heavy atom. The molecular weight excluding hydrogens is 428 g/mol. The van der Waals surface area contributed by atoms with Gasteiger partial charge in [0.1, 0.15) is 0 Å². The highest BCUT2D eigenvalue weighted by Gasteiger charge is 2.64. The highest BCUT2D eigenvalue weighted by Crippen LogP contribution is 2.63. The number of anilines is 2. The number of quaternary nitrogens is 1. The summed E-state index contributed by atoms with van der Waals surface area (Å²) in [7, 11) is 1.56. The van der Waals surface area contributed by atoms with Gasteiger partial charge in [0.2, 0.25) is 5.72 Å². The predicted octanol–water partition coefficient (Wildman–Crippen LogP) is 5.25. The molecule has 3 aliphatic rings. The lowest BCUT2D eigenvalue weighted by molar-refractivity contribution is -0.991. The third-order valence-electron chi connectivity index (χ3n) is 7.70. The summed E-state index contributed by atoms with van der Waals surface area (Å²) in [5, 5.41) is 20.3. The summed E-state index contributed by atoms with van der Waals surface area (Å²) in [5.41, 5.74) is 3.41. The van der Waals surface area contributed by atoms with Gasteiger partial charge in [-0.25, -0.2) is 5.21 Å². The molecule has 2 heterocycles. The molecule has 3 aromatic rings. The summed E-state index contributed by atoms with van der Waals surface area (Å²) < 4.78 is 12.8. The summed E-state index contributed by atoms with van der Waals surface area (Å²) in [6.45, 7) is 0. The lowest BCUT2D eigenvalue weighted by atomic mass is 9.64. The molecule has 6 heteroatoms. The second kappa shape index (κ2) is 7.87. The molecule has 0 aromatic heterocycles. The third kappa shape index (κ3) is 2.86. The lowest BCUT2D eigenvalue weighted by Gasteiger charge is -2.51. The molecule has 1 aliphatic carbocycles. The quantitative estimate of drug-likeness (QED) is 0.527. The van der Waals surface area contributed by atoms with Crippen LogP contribution < -0.4 is 19.6 Å². The van der Waals surface area contributed by atoms with E-state index in [2.05, 4.69) is 59.5 Å². The number of para-hydroxylation sites is 2. The molecule has 2 spiro atoms. The Kier molecular flexibility index (Phi) is 4.92. The zero-order chi connectivity index (χ0) is 23.3. The maximum Gasteiger partial charge on any atom is 0.216 e. The van der Waals surface area contributed by atoms with Gasteiger partial charge in [0.25, 0.3) is 0 Å². The molecule has 1 fully saturated rings. The van der Waals surface area contributed by atoms with Crippen molar-refractivity contribution in [2.24, 2.45) is 0 Å². The monoisotopic (exact) mass is 456 g/mol. The highest BCUT2D eigenvalue weighted by molar-refractivity contribution is 5.81. The Hall–Kier alpha value is -3.32. The topological polar surface area (TPSA) is 69.4 Å². The van der Waals surface area contributed by atoms with Crippen LogP contribution in [0.2, 0.25) is 0 Å². The van der Waals surface area contributed by atoms with Crippen LogP contribution in [0.15, 0.2) is 72.8 Å². The number of hydrogen-bond acceptors (Lipinski definition) is 5. The van der Waals surface area contributed by atoms with Gasteiger partial charge in [-0.1, -0.05) is 55.7 Å². The van der Waals surface area contributed by atoms with Crippen LogP contribution >= 0.6 is 0 Å². The minimum absolute atomic E-state index is 0.182. The number of nitrogens with one attached hydrogen (secondary N) is 1. The van der Waals surface area contributed by atoms with Gasteiger partial charge in [-0.2, -0.15) is 5.23 Å². The number of rotatable bonds is 3. The number of fused-ring (bicyclic) bond motifs is 4. The Balaban J connectivity index is 1.62. The SMILES string of the molecule is COc1cc([NH+]([O-])O)cc2c1OC1(C=C2)N(c2ccccc2)c2ccccc2C12CCCCC2. The van der Waals surface area contributed by atoms with Crippen molar-refractivity contribution in [3.05, 3.63) is 89.1 Å². The summed E-state index contributed by atoms with van der Waals surface area (Å²) >= 11 is 0. The lowest BCUT2D eigenvalue weighted by Crippen LogP contribution is -2.99. The summed E-state index contributed by atoms with van der Waals surface area (Å²) in [6.07, 6.45) is 9.70. The molecule has 1 saturated carbocycles. The highest BCUT2D eigenvalue weighted by atomic mass is 16.8. The van der Waals surface area contributed by atoms with E-state index in [0.29, 0.717) is 11.5 Å². The van der Waals surface area contributed by atoms with Gasteiger partial charge in [-0.3, -0.25) is 4.90 Å². The molecule has 2 N–H and O–H groups in total. The summed E-state index contributed by atoms with van der Waals surface area (Å²) in [4.78, 5) is 2.33. The molecule has 0 bridgehead atoms. The normalized spacial score (nSPS) is 22.9. The van der Waals surface area contributed by atoms with Crippen LogP contribution in [0.1, 0.15) is 43.2 Å².